The zero-order chi connectivity index (χ0) is 16.7. The van der Waals surface area contributed by atoms with Crippen LogP contribution in [0, 0.1) is 0 Å². The highest BCUT2D eigenvalue weighted by Gasteiger charge is 2.40. The third-order valence-corrected chi connectivity index (χ3v) is 9.63. The lowest BCUT2D eigenvalue weighted by Crippen LogP contribution is -2.22. The summed E-state index contributed by atoms with van der Waals surface area (Å²) in [4.78, 5) is 0. The van der Waals surface area contributed by atoms with E-state index in [0.717, 1.165) is 10.6 Å². The standard InChI is InChI=1S/C18H22O3P2.B/c1-4-11-18(23(19,20-2)21-3)22(16-12-7-5-8-13-16)17-14-9-6-10-15-17;/h4-10,12-15,18H,1,11H2,2-3H3;. The molecule has 2 aromatic carbocycles. The third kappa shape index (κ3) is 4.68. The third-order valence-electron chi connectivity index (χ3n) is 3.62. The number of hydrogen-bond donors (Lipinski definition) is 0. The van der Waals surface area contributed by atoms with Crippen molar-refractivity contribution in [2.75, 3.05) is 14.2 Å². The topological polar surface area (TPSA) is 35.5 Å². The number of hydrogen-bond acceptors (Lipinski definition) is 3. The Morgan fingerprint density at radius 3 is 1.75 bits per heavy atom. The summed E-state index contributed by atoms with van der Waals surface area (Å²) in [6, 6.07) is 20.3. The van der Waals surface area contributed by atoms with E-state index in [1.807, 2.05) is 36.4 Å². The van der Waals surface area contributed by atoms with E-state index in [-0.39, 0.29) is 13.8 Å². The molecule has 2 aromatic rings. The fourth-order valence-electron chi connectivity index (χ4n) is 2.51. The normalized spacial score (nSPS) is 12.5. The van der Waals surface area contributed by atoms with Gasteiger partial charge in [-0.15, -0.1) is 6.58 Å². The first-order valence-electron chi connectivity index (χ1n) is 7.37. The molecule has 0 aliphatic heterocycles. The van der Waals surface area contributed by atoms with Gasteiger partial charge in [0.05, 0.1) is 5.40 Å². The van der Waals surface area contributed by atoms with Crippen molar-refractivity contribution in [3.63, 3.8) is 0 Å². The van der Waals surface area contributed by atoms with Crippen LogP contribution in [-0.4, -0.2) is 28.0 Å². The molecule has 125 valence electrons. The molecule has 0 bridgehead atoms. The largest absolute Gasteiger partial charge is 0.338 e. The zero-order valence-electron chi connectivity index (χ0n) is 14.0. The van der Waals surface area contributed by atoms with E-state index < -0.39 is 15.5 Å². The highest BCUT2D eigenvalue weighted by Crippen LogP contribution is 2.64. The van der Waals surface area contributed by atoms with Crippen LogP contribution in [0.15, 0.2) is 73.3 Å². The van der Waals surface area contributed by atoms with E-state index in [2.05, 4.69) is 30.8 Å². The van der Waals surface area contributed by atoms with Crippen LogP contribution in [-0.2, 0) is 13.6 Å². The van der Waals surface area contributed by atoms with Crippen molar-refractivity contribution in [2.45, 2.75) is 11.8 Å². The average Bonchev–Trinajstić information content (AvgIpc) is 2.62. The van der Waals surface area contributed by atoms with Crippen LogP contribution in [0.3, 0.4) is 0 Å². The Kier molecular flexibility index (Phi) is 8.66. The van der Waals surface area contributed by atoms with Crippen molar-refractivity contribution in [1.82, 2.24) is 0 Å². The molecule has 0 N–H and O–H groups in total. The van der Waals surface area contributed by atoms with Crippen LogP contribution in [0.5, 0.6) is 0 Å². The first-order chi connectivity index (χ1) is 11.2. The van der Waals surface area contributed by atoms with Gasteiger partial charge in [0.25, 0.3) is 0 Å². The Morgan fingerprint density at radius 2 is 1.42 bits per heavy atom. The van der Waals surface area contributed by atoms with Crippen LogP contribution in [0.4, 0.5) is 0 Å². The molecular formula is C18H22BO3P2. The van der Waals surface area contributed by atoms with Crippen molar-refractivity contribution in [2.24, 2.45) is 0 Å². The molecule has 2 rings (SSSR count). The zero-order valence-corrected chi connectivity index (χ0v) is 15.8. The minimum Gasteiger partial charge on any atom is -0.311 e. The smallest absolute Gasteiger partial charge is 0.311 e. The molecule has 0 aliphatic carbocycles. The average molecular weight is 359 g/mol. The summed E-state index contributed by atoms with van der Waals surface area (Å²) in [6.07, 6.45) is 2.35. The maximum absolute atomic E-state index is 13.2. The second-order valence-electron chi connectivity index (χ2n) is 4.95. The maximum atomic E-state index is 13.2. The molecule has 24 heavy (non-hydrogen) atoms. The van der Waals surface area contributed by atoms with Gasteiger partial charge in [-0.3, -0.25) is 4.57 Å². The number of benzene rings is 2. The van der Waals surface area contributed by atoms with Crippen LogP contribution in [0.2, 0.25) is 0 Å². The highest BCUT2D eigenvalue weighted by atomic mass is 31.2. The Labute approximate surface area is 148 Å². The number of rotatable bonds is 8. The van der Waals surface area contributed by atoms with E-state index in [1.165, 1.54) is 14.2 Å². The number of allylic oxidation sites excluding steroid dienone is 1. The summed E-state index contributed by atoms with van der Waals surface area (Å²) < 4.78 is 23.8. The minimum absolute atomic E-state index is 0. The van der Waals surface area contributed by atoms with Crippen molar-refractivity contribution >= 4 is 34.5 Å². The minimum atomic E-state index is -3.24. The molecule has 1 atom stereocenters. The molecule has 0 amide bonds. The lowest BCUT2D eigenvalue weighted by molar-refractivity contribution is 0.273. The maximum Gasteiger partial charge on any atom is 0.338 e. The van der Waals surface area contributed by atoms with Crippen LogP contribution in [0.1, 0.15) is 6.42 Å². The molecule has 0 heterocycles. The van der Waals surface area contributed by atoms with E-state index in [9.17, 15) is 4.57 Å². The molecule has 0 saturated heterocycles. The van der Waals surface area contributed by atoms with E-state index in [1.54, 1.807) is 6.08 Å². The molecule has 3 radical (unpaired) electrons. The summed E-state index contributed by atoms with van der Waals surface area (Å²) in [5.41, 5.74) is 0. The van der Waals surface area contributed by atoms with Crippen LogP contribution < -0.4 is 10.6 Å². The summed E-state index contributed by atoms with van der Waals surface area (Å²) in [5, 5.41) is 2.03. The van der Waals surface area contributed by atoms with Gasteiger partial charge in [0.1, 0.15) is 0 Å². The predicted molar refractivity (Wildman–Crippen MR) is 105 cm³/mol. The summed E-state index contributed by atoms with van der Waals surface area (Å²) in [7, 11) is -1.24. The summed E-state index contributed by atoms with van der Waals surface area (Å²) >= 11 is 0. The second kappa shape index (κ2) is 9.96. The fraction of sp³-hybridized carbons (Fsp3) is 0.222. The molecule has 3 nitrogen and oxygen atoms in total. The molecule has 0 aromatic heterocycles. The molecule has 1 unspecified atom stereocenters. The molecule has 6 heteroatoms. The summed E-state index contributed by atoms with van der Waals surface area (Å²) in [6.45, 7) is 3.83. The molecule has 0 fully saturated rings. The van der Waals surface area contributed by atoms with E-state index in [4.69, 9.17) is 9.05 Å². The van der Waals surface area contributed by atoms with Gasteiger partial charge < -0.3 is 9.05 Å². The highest BCUT2D eigenvalue weighted by molar-refractivity contribution is 7.83. The Hall–Kier alpha value is -1.18. The van der Waals surface area contributed by atoms with Crippen LogP contribution in [0.25, 0.3) is 0 Å². The Balaban J connectivity index is 0.00000288. The van der Waals surface area contributed by atoms with Gasteiger partial charge in [-0.25, -0.2) is 0 Å². The monoisotopic (exact) mass is 359 g/mol. The molecule has 0 spiro atoms. The first kappa shape index (κ1) is 20.9. The lowest BCUT2D eigenvalue weighted by Gasteiger charge is -2.31. The van der Waals surface area contributed by atoms with Crippen molar-refractivity contribution in [3.05, 3.63) is 73.3 Å². The van der Waals surface area contributed by atoms with Gasteiger partial charge in [0.15, 0.2) is 0 Å². The molecule has 0 aliphatic rings. The summed E-state index contributed by atoms with van der Waals surface area (Å²) in [5.74, 6) is 0. The first-order valence-corrected chi connectivity index (χ1v) is 10.4. The Morgan fingerprint density at radius 1 is 1.00 bits per heavy atom. The fourth-order valence-corrected chi connectivity index (χ4v) is 8.39. The second-order valence-corrected chi connectivity index (χ2v) is 10.2. The van der Waals surface area contributed by atoms with Crippen molar-refractivity contribution in [3.8, 4) is 0 Å². The Bertz CT molecular complexity index is 617. The van der Waals surface area contributed by atoms with Gasteiger partial charge in [-0.2, -0.15) is 0 Å². The van der Waals surface area contributed by atoms with Gasteiger partial charge in [0.2, 0.25) is 0 Å². The van der Waals surface area contributed by atoms with Crippen LogP contribution >= 0.6 is 15.5 Å². The van der Waals surface area contributed by atoms with E-state index >= 15 is 0 Å². The SMILES string of the molecule is C=CCC(P(c1ccccc1)c1ccccc1)P(=O)(OC)OC.[B]. The molecular weight excluding hydrogens is 337 g/mol. The van der Waals surface area contributed by atoms with E-state index in [0.29, 0.717) is 6.42 Å². The van der Waals surface area contributed by atoms with Gasteiger partial charge >= 0.3 is 7.60 Å². The molecule has 0 saturated carbocycles. The van der Waals surface area contributed by atoms with Crippen molar-refractivity contribution < 1.29 is 13.6 Å². The quantitative estimate of drug-likeness (QED) is 0.404. The lowest BCUT2D eigenvalue weighted by atomic mass is 10.4. The predicted octanol–water partition coefficient (Wildman–Crippen LogP) is 4.13. The van der Waals surface area contributed by atoms with Gasteiger partial charge in [-0.1, -0.05) is 66.7 Å². The van der Waals surface area contributed by atoms with Crippen molar-refractivity contribution in [1.29, 1.82) is 0 Å². The van der Waals surface area contributed by atoms with Gasteiger partial charge in [0, 0.05) is 22.6 Å². The van der Waals surface area contributed by atoms with Gasteiger partial charge in [-0.05, 0) is 25.0 Å².